The van der Waals surface area contributed by atoms with E-state index in [9.17, 15) is 14.4 Å². The van der Waals surface area contributed by atoms with Crippen molar-refractivity contribution in [2.45, 2.75) is 19.9 Å². The number of esters is 1. The van der Waals surface area contributed by atoms with E-state index in [-0.39, 0.29) is 18.1 Å². The maximum absolute atomic E-state index is 12.5. The van der Waals surface area contributed by atoms with Crippen molar-refractivity contribution in [2.24, 2.45) is 0 Å². The highest BCUT2D eigenvalue weighted by Crippen LogP contribution is 2.35. The van der Waals surface area contributed by atoms with Gasteiger partial charge in [-0.3, -0.25) is 14.5 Å². The van der Waals surface area contributed by atoms with Gasteiger partial charge in [0.25, 0.3) is 11.1 Å². The first-order valence-corrected chi connectivity index (χ1v) is 8.33. The molecule has 0 radical (unpaired) electrons. The van der Waals surface area contributed by atoms with Gasteiger partial charge in [-0.05, 0) is 37.8 Å². The number of para-hydroxylation sites is 1. The van der Waals surface area contributed by atoms with E-state index in [2.05, 4.69) is 0 Å². The second kappa shape index (κ2) is 8.35. The average Bonchev–Trinajstić information content (AvgIpc) is 2.87. The Morgan fingerprint density at radius 1 is 1.40 bits per heavy atom. The number of carbonyl (C=O) groups excluding carboxylic acids is 3. The number of benzene rings is 1. The summed E-state index contributed by atoms with van der Waals surface area (Å²) in [4.78, 5) is 37.5. The van der Waals surface area contributed by atoms with Crippen LogP contribution in [0, 0.1) is 11.3 Å². The van der Waals surface area contributed by atoms with E-state index in [4.69, 9.17) is 14.7 Å². The van der Waals surface area contributed by atoms with Crippen LogP contribution in [0.15, 0.2) is 29.2 Å². The fourth-order valence-corrected chi connectivity index (χ4v) is 3.06. The number of thioether (sulfide) groups is 1. The molecule has 2 amide bonds. The molecule has 25 heavy (non-hydrogen) atoms. The van der Waals surface area contributed by atoms with Crippen LogP contribution in [-0.4, -0.2) is 41.3 Å². The molecule has 0 aliphatic carbocycles. The molecule has 1 aliphatic heterocycles. The predicted molar refractivity (Wildman–Crippen MR) is 91.5 cm³/mol. The molecule has 0 spiro atoms. The number of nitrogens with zero attached hydrogens (tertiary/aromatic N) is 2. The fraction of sp³-hybridized carbons (Fsp3) is 0.294. The first-order valence-electron chi connectivity index (χ1n) is 7.52. The maximum atomic E-state index is 12.5. The Balaban J connectivity index is 2.26. The SMILES string of the molecule is CCOC(=O)[C@@H](C)N1C(=O)S/C(=C/c2ccccc2OCC#N)C1=O. The Morgan fingerprint density at radius 3 is 2.80 bits per heavy atom. The van der Waals surface area contributed by atoms with E-state index in [0.717, 1.165) is 16.7 Å². The minimum absolute atomic E-state index is 0.133. The summed E-state index contributed by atoms with van der Waals surface area (Å²) < 4.78 is 10.2. The first-order chi connectivity index (χ1) is 12.0. The van der Waals surface area contributed by atoms with Crippen LogP contribution < -0.4 is 4.74 Å². The molecule has 1 aliphatic rings. The lowest BCUT2D eigenvalue weighted by Gasteiger charge is -2.19. The van der Waals surface area contributed by atoms with Crippen LogP contribution in [0.25, 0.3) is 6.08 Å². The van der Waals surface area contributed by atoms with Gasteiger partial charge in [0, 0.05) is 5.56 Å². The van der Waals surface area contributed by atoms with E-state index >= 15 is 0 Å². The topological polar surface area (TPSA) is 96.7 Å². The molecule has 0 N–H and O–H groups in total. The van der Waals surface area contributed by atoms with E-state index in [1.165, 1.54) is 13.0 Å². The second-order valence-corrected chi connectivity index (χ2v) is 5.96. The summed E-state index contributed by atoms with van der Waals surface area (Å²) in [5.74, 6) is -0.774. The molecule has 0 bridgehead atoms. The molecular formula is C17H16N2O5S. The number of nitriles is 1. The average molecular weight is 360 g/mol. The molecule has 2 rings (SSSR count). The molecule has 1 aromatic rings. The lowest BCUT2D eigenvalue weighted by atomic mass is 10.2. The highest BCUT2D eigenvalue weighted by Gasteiger charge is 2.41. The standard InChI is InChI=1S/C17H16N2O5S/c1-3-23-16(21)11(2)19-15(20)14(25-17(19)22)10-12-6-4-5-7-13(12)24-9-8-18/h4-7,10-11H,3,9H2,1-2H3/b14-10+/t11-/m1/s1. The molecule has 130 valence electrons. The Labute approximate surface area is 149 Å². The highest BCUT2D eigenvalue weighted by atomic mass is 32.2. The van der Waals surface area contributed by atoms with Crippen molar-refractivity contribution < 1.29 is 23.9 Å². The van der Waals surface area contributed by atoms with Crippen molar-refractivity contribution in [1.29, 1.82) is 5.26 Å². The van der Waals surface area contributed by atoms with Crippen molar-refractivity contribution >= 4 is 35.0 Å². The molecule has 7 nitrogen and oxygen atoms in total. The number of hydrogen-bond acceptors (Lipinski definition) is 7. The molecular weight excluding hydrogens is 344 g/mol. The molecule has 1 heterocycles. The third-order valence-corrected chi connectivity index (χ3v) is 4.22. The van der Waals surface area contributed by atoms with Crippen LogP contribution in [0.4, 0.5) is 4.79 Å². The van der Waals surface area contributed by atoms with Gasteiger partial charge in [-0.25, -0.2) is 4.79 Å². The van der Waals surface area contributed by atoms with E-state index in [1.807, 2.05) is 6.07 Å². The second-order valence-electron chi connectivity index (χ2n) is 4.96. The van der Waals surface area contributed by atoms with Gasteiger partial charge in [-0.15, -0.1) is 0 Å². The first kappa shape index (κ1) is 18.5. The van der Waals surface area contributed by atoms with Crippen molar-refractivity contribution in [3.8, 4) is 11.8 Å². The molecule has 8 heteroatoms. The largest absolute Gasteiger partial charge is 0.478 e. The summed E-state index contributed by atoms with van der Waals surface area (Å²) in [6.45, 7) is 3.13. The van der Waals surface area contributed by atoms with Gasteiger partial charge in [0.2, 0.25) is 0 Å². The zero-order chi connectivity index (χ0) is 18.4. The Hall–Kier alpha value is -2.79. The quantitative estimate of drug-likeness (QED) is 0.568. The Bertz CT molecular complexity index is 769. The predicted octanol–water partition coefficient (Wildman–Crippen LogP) is 2.58. The van der Waals surface area contributed by atoms with Gasteiger partial charge in [0.05, 0.1) is 11.5 Å². The number of rotatable bonds is 6. The minimum Gasteiger partial charge on any atom is -0.478 e. The normalized spacial score (nSPS) is 16.7. The molecule has 1 fully saturated rings. The third-order valence-electron chi connectivity index (χ3n) is 3.34. The van der Waals surface area contributed by atoms with Gasteiger partial charge in [0.1, 0.15) is 17.9 Å². The number of imide groups is 1. The Morgan fingerprint density at radius 2 is 2.12 bits per heavy atom. The zero-order valence-electron chi connectivity index (χ0n) is 13.7. The van der Waals surface area contributed by atoms with Gasteiger partial charge in [-0.1, -0.05) is 18.2 Å². The lowest BCUT2D eigenvalue weighted by Crippen LogP contribution is -2.42. The van der Waals surface area contributed by atoms with Gasteiger partial charge in [-0.2, -0.15) is 5.26 Å². The third kappa shape index (κ3) is 4.19. The van der Waals surface area contributed by atoms with Crippen molar-refractivity contribution in [2.75, 3.05) is 13.2 Å². The molecule has 0 saturated carbocycles. The molecule has 1 aromatic carbocycles. The van der Waals surface area contributed by atoms with Gasteiger partial charge < -0.3 is 9.47 Å². The summed E-state index contributed by atoms with van der Waals surface area (Å²) in [6.07, 6.45) is 1.51. The van der Waals surface area contributed by atoms with E-state index < -0.39 is 23.2 Å². The van der Waals surface area contributed by atoms with Crippen molar-refractivity contribution in [1.82, 2.24) is 4.90 Å². The summed E-state index contributed by atoms with van der Waals surface area (Å²) in [5.41, 5.74) is 0.562. The van der Waals surface area contributed by atoms with Crippen LogP contribution in [0.5, 0.6) is 5.75 Å². The van der Waals surface area contributed by atoms with Crippen LogP contribution in [0.3, 0.4) is 0 Å². The number of carbonyl (C=O) groups is 3. The Kier molecular flexibility index (Phi) is 6.19. The summed E-state index contributed by atoms with van der Waals surface area (Å²) in [7, 11) is 0. The fourth-order valence-electron chi connectivity index (χ4n) is 2.16. The van der Waals surface area contributed by atoms with Crippen molar-refractivity contribution in [3.63, 3.8) is 0 Å². The van der Waals surface area contributed by atoms with Gasteiger partial charge >= 0.3 is 5.97 Å². The van der Waals surface area contributed by atoms with Crippen LogP contribution in [0.1, 0.15) is 19.4 Å². The maximum Gasteiger partial charge on any atom is 0.329 e. The van der Waals surface area contributed by atoms with Crippen LogP contribution >= 0.6 is 11.8 Å². The monoisotopic (exact) mass is 360 g/mol. The molecule has 0 unspecified atom stereocenters. The molecule has 0 aromatic heterocycles. The summed E-state index contributed by atoms with van der Waals surface area (Å²) in [5, 5.41) is 8.09. The minimum atomic E-state index is -0.997. The smallest absolute Gasteiger partial charge is 0.329 e. The number of ether oxygens (including phenoxy) is 2. The molecule has 1 atom stereocenters. The molecule has 1 saturated heterocycles. The summed E-state index contributed by atoms with van der Waals surface area (Å²) in [6, 6.07) is 7.72. The lowest BCUT2D eigenvalue weighted by molar-refractivity contribution is -0.150. The number of amides is 2. The van der Waals surface area contributed by atoms with Crippen LogP contribution in [-0.2, 0) is 14.3 Å². The highest BCUT2D eigenvalue weighted by molar-refractivity contribution is 8.18. The zero-order valence-corrected chi connectivity index (χ0v) is 14.5. The van der Waals surface area contributed by atoms with Crippen LogP contribution in [0.2, 0.25) is 0 Å². The van der Waals surface area contributed by atoms with E-state index in [0.29, 0.717) is 11.3 Å². The number of hydrogen-bond donors (Lipinski definition) is 0. The summed E-state index contributed by atoms with van der Waals surface area (Å²) >= 11 is 0.743. The van der Waals surface area contributed by atoms with E-state index in [1.54, 1.807) is 31.2 Å². The van der Waals surface area contributed by atoms with Gasteiger partial charge in [0.15, 0.2) is 6.61 Å². The van der Waals surface area contributed by atoms with Crippen molar-refractivity contribution in [3.05, 3.63) is 34.7 Å².